The number of alkyl halides is 3. The molecule has 3 aromatic carbocycles. The standard InChI is InChI=1S/C40H52F3NO/c1-26(2)17-37(27(3)45)33-21-31(29-12-14-34(15-13-29)40(41,42)43)20-32(22-33)30-11-10-16-44(25-30)24-28-18-35(38(4,5)6)23-36(19-28)39(7,8)9/h12-15,18-23,26,30,37H,10-11,16-17,24-25H2,1-9H3. The third kappa shape index (κ3) is 9.09. The molecule has 0 N–H and O–H groups in total. The van der Waals surface area contributed by atoms with Crippen molar-refractivity contribution in [1.29, 1.82) is 0 Å². The number of ketones is 1. The molecule has 244 valence electrons. The average Bonchev–Trinajstić information content (AvgIpc) is 2.94. The Hall–Kier alpha value is -2.92. The molecule has 4 rings (SSSR count). The summed E-state index contributed by atoms with van der Waals surface area (Å²) in [6.45, 7) is 22.3. The van der Waals surface area contributed by atoms with Gasteiger partial charge in [-0.05, 0) is 106 Å². The summed E-state index contributed by atoms with van der Waals surface area (Å²) in [5.74, 6) is 0.488. The summed E-state index contributed by atoms with van der Waals surface area (Å²) < 4.78 is 40.0. The summed E-state index contributed by atoms with van der Waals surface area (Å²) in [6, 6.07) is 18.9. The highest BCUT2D eigenvalue weighted by Crippen LogP contribution is 2.38. The second-order valence-electron chi connectivity index (χ2n) is 15.7. The van der Waals surface area contributed by atoms with E-state index in [1.807, 2.05) is 6.07 Å². The quantitative estimate of drug-likeness (QED) is 0.250. The highest BCUT2D eigenvalue weighted by Gasteiger charge is 2.30. The maximum absolute atomic E-state index is 13.3. The van der Waals surface area contributed by atoms with Crippen LogP contribution >= 0.6 is 0 Å². The normalized spacial score (nSPS) is 17.5. The number of nitrogens with zero attached hydrogens (tertiary/aromatic N) is 1. The van der Waals surface area contributed by atoms with E-state index < -0.39 is 11.7 Å². The third-order valence-electron chi connectivity index (χ3n) is 9.23. The number of carbonyl (C=O) groups excluding carboxylic acids is 1. The van der Waals surface area contributed by atoms with E-state index in [2.05, 4.69) is 90.6 Å². The second-order valence-corrected chi connectivity index (χ2v) is 15.7. The Morgan fingerprint density at radius 2 is 1.42 bits per heavy atom. The maximum atomic E-state index is 13.3. The van der Waals surface area contributed by atoms with E-state index in [0.717, 1.165) is 67.7 Å². The van der Waals surface area contributed by atoms with Gasteiger partial charge in [0.15, 0.2) is 0 Å². The molecule has 1 saturated heterocycles. The van der Waals surface area contributed by atoms with Gasteiger partial charge in [-0.25, -0.2) is 0 Å². The van der Waals surface area contributed by atoms with Crippen molar-refractivity contribution in [2.24, 2.45) is 5.92 Å². The van der Waals surface area contributed by atoms with E-state index in [0.29, 0.717) is 5.92 Å². The SMILES string of the molecule is CC(=O)C(CC(C)C)c1cc(-c2ccc(C(F)(F)F)cc2)cc(C2CCCN(Cc3cc(C(C)(C)C)cc(C(C)(C)C)c3)C2)c1. The molecular formula is C40H52F3NO. The van der Waals surface area contributed by atoms with Crippen LogP contribution in [0.25, 0.3) is 11.1 Å². The number of benzene rings is 3. The molecule has 45 heavy (non-hydrogen) atoms. The van der Waals surface area contributed by atoms with Gasteiger partial charge < -0.3 is 0 Å². The van der Waals surface area contributed by atoms with Crippen molar-refractivity contribution in [2.45, 2.75) is 117 Å². The lowest BCUT2D eigenvalue weighted by molar-refractivity contribution is -0.137. The number of hydrogen-bond acceptors (Lipinski definition) is 2. The highest BCUT2D eigenvalue weighted by atomic mass is 19.4. The van der Waals surface area contributed by atoms with Crippen molar-refractivity contribution in [3.05, 3.63) is 94.0 Å². The Kier molecular flexibility index (Phi) is 10.4. The lowest BCUT2D eigenvalue weighted by atomic mass is 9.79. The molecule has 1 aliphatic rings. The number of carbonyl (C=O) groups is 1. The fourth-order valence-electron chi connectivity index (χ4n) is 6.52. The molecule has 5 heteroatoms. The molecule has 2 nitrogen and oxygen atoms in total. The Morgan fingerprint density at radius 1 is 0.822 bits per heavy atom. The van der Waals surface area contributed by atoms with Gasteiger partial charge in [-0.2, -0.15) is 13.2 Å². The number of hydrogen-bond donors (Lipinski definition) is 0. The summed E-state index contributed by atoms with van der Waals surface area (Å²) in [7, 11) is 0. The summed E-state index contributed by atoms with van der Waals surface area (Å²) >= 11 is 0. The summed E-state index contributed by atoms with van der Waals surface area (Å²) in [6.07, 6.45) is -1.54. The zero-order valence-electron chi connectivity index (χ0n) is 28.7. The van der Waals surface area contributed by atoms with Gasteiger partial charge in [-0.1, -0.05) is 104 Å². The van der Waals surface area contributed by atoms with Crippen molar-refractivity contribution < 1.29 is 18.0 Å². The van der Waals surface area contributed by atoms with Crippen LogP contribution < -0.4 is 0 Å². The van der Waals surface area contributed by atoms with Crippen LogP contribution in [0.5, 0.6) is 0 Å². The molecule has 1 fully saturated rings. The van der Waals surface area contributed by atoms with Gasteiger partial charge in [0.1, 0.15) is 5.78 Å². The smallest absolute Gasteiger partial charge is 0.299 e. The topological polar surface area (TPSA) is 20.3 Å². The molecule has 3 aromatic rings. The molecular weight excluding hydrogens is 567 g/mol. The van der Waals surface area contributed by atoms with Gasteiger partial charge in [0.05, 0.1) is 5.56 Å². The molecule has 0 aliphatic carbocycles. The first-order valence-corrected chi connectivity index (χ1v) is 16.5. The van der Waals surface area contributed by atoms with E-state index >= 15 is 0 Å². The molecule has 0 saturated carbocycles. The lowest BCUT2D eigenvalue weighted by Crippen LogP contribution is -2.34. The maximum Gasteiger partial charge on any atom is 0.416 e. The molecule has 0 amide bonds. The number of rotatable bonds is 8. The molecule has 2 unspecified atom stereocenters. The zero-order chi connectivity index (χ0) is 33.3. The van der Waals surface area contributed by atoms with Crippen LogP contribution in [-0.2, 0) is 28.3 Å². The van der Waals surface area contributed by atoms with E-state index in [1.165, 1.54) is 22.3 Å². The van der Waals surface area contributed by atoms with Crippen molar-refractivity contribution >= 4 is 5.78 Å². The minimum absolute atomic E-state index is 0.0544. The largest absolute Gasteiger partial charge is 0.416 e. The molecule has 0 spiro atoms. The van der Waals surface area contributed by atoms with E-state index in [-0.39, 0.29) is 28.4 Å². The van der Waals surface area contributed by atoms with Crippen molar-refractivity contribution in [2.75, 3.05) is 13.1 Å². The highest BCUT2D eigenvalue weighted by molar-refractivity contribution is 5.84. The Balaban J connectivity index is 1.70. The van der Waals surface area contributed by atoms with Gasteiger partial charge in [-0.3, -0.25) is 9.69 Å². The fourth-order valence-corrected chi connectivity index (χ4v) is 6.52. The Morgan fingerprint density at radius 3 is 1.93 bits per heavy atom. The number of halogens is 3. The predicted octanol–water partition coefficient (Wildman–Crippen LogP) is 11.1. The van der Waals surface area contributed by atoms with E-state index in [9.17, 15) is 18.0 Å². The van der Waals surface area contributed by atoms with Gasteiger partial charge >= 0.3 is 6.18 Å². The third-order valence-corrected chi connectivity index (χ3v) is 9.23. The van der Waals surface area contributed by atoms with Crippen molar-refractivity contribution in [3.8, 4) is 11.1 Å². The van der Waals surface area contributed by atoms with Gasteiger partial charge in [0, 0.05) is 19.0 Å². The fraction of sp³-hybridized carbons (Fsp3) is 0.525. The summed E-state index contributed by atoms with van der Waals surface area (Å²) in [5, 5.41) is 0. The lowest BCUT2D eigenvalue weighted by Gasteiger charge is -2.34. The monoisotopic (exact) mass is 619 g/mol. The van der Waals surface area contributed by atoms with Crippen LogP contribution in [0.2, 0.25) is 0 Å². The minimum atomic E-state index is -4.38. The molecule has 1 aliphatic heterocycles. The molecule has 1 heterocycles. The van der Waals surface area contributed by atoms with Crippen LogP contribution in [0.3, 0.4) is 0 Å². The first kappa shape index (κ1) is 34.9. The van der Waals surface area contributed by atoms with Crippen molar-refractivity contribution in [1.82, 2.24) is 4.90 Å². The predicted molar refractivity (Wildman–Crippen MR) is 181 cm³/mol. The van der Waals surface area contributed by atoms with Crippen LogP contribution in [0.15, 0.2) is 60.7 Å². The number of Topliss-reactive ketones (excluding diaryl/α,β-unsaturated/α-hetero) is 1. The van der Waals surface area contributed by atoms with Crippen LogP contribution in [0, 0.1) is 5.92 Å². The molecule has 0 radical (unpaired) electrons. The van der Waals surface area contributed by atoms with Gasteiger partial charge in [0.25, 0.3) is 0 Å². The van der Waals surface area contributed by atoms with Gasteiger partial charge in [0.2, 0.25) is 0 Å². The number of likely N-dealkylation sites (tertiary alicyclic amines) is 1. The summed E-state index contributed by atoms with van der Waals surface area (Å²) in [4.78, 5) is 15.4. The van der Waals surface area contributed by atoms with Crippen molar-refractivity contribution in [3.63, 3.8) is 0 Å². The van der Waals surface area contributed by atoms with Crippen LogP contribution in [-0.4, -0.2) is 23.8 Å². The summed E-state index contributed by atoms with van der Waals surface area (Å²) in [5.41, 5.74) is 7.24. The minimum Gasteiger partial charge on any atom is -0.299 e. The Bertz CT molecular complexity index is 1440. The Labute approximate surface area is 269 Å². The first-order valence-electron chi connectivity index (χ1n) is 16.5. The average molecular weight is 620 g/mol. The van der Waals surface area contributed by atoms with Crippen LogP contribution in [0.1, 0.15) is 127 Å². The van der Waals surface area contributed by atoms with E-state index in [1.54, 1.807) is 19.1 Å². The molecule has 0 aromatic heterocycles. The van der Waals surface area contributed by atoms with Gasteiger partial charge in [-0.15, -0.1) is 0 Å². The van der Waals surface area contributed by atoms with Crippen LogP contribution in [0.4, 0.5) is 13.2 Å². The zero-order valence-corrected chi connectivity index (χ0v) is 28.7. The molecule has 2 atom stereocenters. The molecule has 0 bridgehead atoms. The first-order chi connectivity index (χ1) is 20.8. The van der Waals surface area contributed by atoms with E-state index in [4.69, 9.17) is 0 Å². The number of piperidine rings is 1. The second kappa shape index (κ2) is 13.4.